The van der Waals surface area contributed by atoms with Gasteiger partial charge in [0, 0.05) is 24.3 Å². The number of hydrogen-bond acceptors (Lipinski definition) is 5. The molecule has 8 nitrogen and oxygen atoms in total. The second-order valence-corrected chi connectivity index (χ2v) is 10.4. The Bertz CT molecular complexity index is 838. The van der Waals surface area contributed by atoms with Crippen molar-refractivity contribution in [3.63, 3.8) is 0 Å². The van der Waals surface area contributed by atoms with E-state index in [9.17, 15) is 18.3 Å². The number of hydrogen-bond donors (Lipinski definition) is 4. The fourth-order valence-electron chi connectivity index (χ4n) is 5.15. The normalized spacial score (nSPS) is 32.1. The van der Waals surface area contributed by atoms with Crippen LogP contribution in [0.15, 0.2) is 24.3 Å². The van der Waals surface area contributed by atoms with Crippen molar-refractivity contribution in [1.82, 2.24) is 15.5 Å². The topological polar surface area (TPSA) is 111 Å². The summed E-state index contributed by atoms with van der Waals surface area (Å²) in [7, 11) is -3.33. The van der Waals surface area contributed by atoms with E-state index in [1.807, 2.05) is 17.0 Å². The molecule has 3 aliphatic rings. The summed E-state index contributed by atoms with van der Waals surface area (Å²) in [4.78, 5) is 15.2. The van der Waals surface area contributed by atoms with Gasteiger partial charge in [-0.1, -0.05) is 12.1 Å². The molecule has 0 spiro atoms. The molecule has 3 saturated heterocycles. The molecule has 2 bridgehead atoms. The molecular weight excluding hydrogens is 392 g/mol. The van der Waals surface area contributed by atoms with Gasteiger partial charge in [-0.3, -0.25) is 4.72 Å². The molecule has 3 heterocycles. The number of piperidine rings is 2. The van der Waals surface area contributed by atoms with E-state index < -0.39 is 15.6 Å². The van der Waals surface area contributed by atoms with Gasteiger partial charge < -0.3 is 20.6 Å². The summed E-state index contributed by atoms with van der Waals surface area (Å²) >= 11 is 0. The summed E-state index contributed by atoms with van der Waals surface area (Å²) < 4.78 is 25.4. The Balaban J connectivity index is 1.55. The lowest BCUT2D eigenvalue weighted by Crippen LogP contribution is -2.60. The third-order valence-corrected chi connectivity index (χ3v) is 7.02. The molecule has 1 aromatic rings. The minimum absolute atomic E-state index is 0.0635. The van der Waals surface area contributed by atoms with Gasteiger partial charge in [-0.05, 0) is 62.8 Å². The summed E-state index contributed by atoms with van der Waals surface area (Å²) in [6, 6.07) is 7.40. The molecule has 1 aromatic carbocycles. The molecule has 3 aliphatic heterocycles. The fraction of sp³-hybridized carbons (Fsp3) is 0.650. The largest absolute Gasteiger partial charge is 0.393 e. The van der Waals surface area contributed by atoms with E-state index in [1.165, 1.54) is 0 Å². The lowest BCUT2D eigenvalue weighted by atomic mass is 9.83. The molecule has 3 atom stereocenters. The predicted octanol–water partition coefficient (Wildman–Crippen LogP) is 1.33. The van der Waals surface area contributed by atoms with Crippen molar-refractivity contribution in [2.75, 3.05) is 24.1 Å². The van der Waals surface area contributed by atoms with Crippen molar-refractivity contribution in [2.24, 2.45) is 0 Å². The van der Waals surface area contributed by atoms with Gasteiger partial charge in [-0.2, -0.15) is 0 Å². The summed E-state index contributed by atoms with van der Waals surface area (Å²) in [5.74, 6) is 0. The predicted molar refractivity (Wildman–Crippen MR) is 111 cm³/mol. The lowest BCUT2D eigenvalue weighted by Gasteiger charge is -2.43. The number of fused-ring (bicyclic) bond motifs is 2. The average molecular weight is 423 g/mol. The zero-order valence-corrected chi connectivity index (χ0v) is 17.5. The maximum Gasteiger partial charge on any atom is 0.318 e. The number of urea groups is 1. The highest BCUT2D eigenvalue weighted by Crippen LogP contribution is 2.37. The van der Waals surface area contributed by atoms with Gasteiger partial charge in [0.25, 0.3) is 0 Å². The van der Waals surface area contributed by atoms with Crippen LogP contribution >= 0.6 is 0 Å². The van der Waals surface area contributed by atoms with E-state index in [0.29, 0.717) is 25.1 Å². The Hall–Kier alpha value is -1.84. The van der Waals surface area contributed by atoms with Gasteiger partial charge in [-0.15, -0.1) is 0 Å². The first-order valence-corrected chi connectivity index (χ1v) is 12.2. The minimum atomic E-state index is -3.33. The van der Waals surface area contributed by atoms with Gasteiger partial charge in [0.1, 0.15) is 0 Å². The van der Waals surface area contributed by atoms with Crippen LogP contribution in [-0.2, 0) is 15.6 Å². The molecule has 0 radical (unpaired) electrons. The van der Waals surface area contributed by atoms with Gasteiger partial charge in [-0.25, -0.2) is 13.2 Å². The highest BCUT2D eigenvalue weighted by molar-refractivity contribution is 7.92. The molecule has 9 heteroatoms. The van der Waals surface area contributed by atoms with Crippen molar-refractivity contribution in [1.29, 1.82) is 0 Å². The van der Waals surface area contributed by atoms with Gasteiger partial charge in [0.2, 0.25) is 10.0 Å². The van der Waals surface area contributed by atoms with Crippen LogP contribution in [0.5, 0.6) is 0 Å². The smallest absolute Gasteiger partial charge is 0.318 e. The van der Waals surface area contributed by atoms with Crippen molar-refractivity contribution in [3.8, 4) is 0 Å². The monoisotopic (exact) mass is 422 g/mol. The summed E-state index contributed by atoms with van der Waals surface area (Å²) in [6.45, 7) is 1.54. The first kappa shape index (κ1) is 20.4. The molecule has 2 unspecified atom stereocenters. The SMILES string of the molecule is CS(=O)(=O)Nc1ccc([C@@]2(NC(=O)N3C4CCC3CC(O)C4)CCCNC2)cc1. The number of carbonyl (C=O) groups is 1. The first-order chi connectivity index (χ1) is 13.8. The van der Waals surface area contributed by atoms with Crippen LogP contribution in [0.3, 0.4) is 0 Å². The first-order valence-electron chi connectivity index (χ1n) is 10.3. The third kappa shape index (κ3) is 4.36. The number of anilines is 1. The quantitative estimate of drug-likeness (QED) is 0.585. The Labute approximate surface area is 172 Å². The van der Waals surface area contributed by atoms with Crippen molar-refractivity contribution in [3.05, 3.63) is 29.8 Å². The van der Waals surface area contributed by atoms with Crippen molar-refractivity contribution in [2.45, 2.75) is 62.3 Å². The Morgan fingerprint density at radius 1 is 1.21 bits per heavy atom. The highest BCUT2D eigenvalue weighted by Gasteiger charge is 2.45. The number of rotatable bonds is 4. The number of amides is 2. The number of nitrogens with one attached hydrogen (secondary N) is 3. The van der Waals surface area contributed by atoms with Gasteiger partial charge >= 0.3 is 6.03 Å². The number of aliphatic hydroxyl groups is 1. The number of nitrogens with zero attached hydrogens (tertiary/aromatic N) is 1. The summed E-state index contributed by atoms with van der Waals surface area (Å²) in [6.07, 6.45) is 5.78. The standard InChI is InChI=1S/C20H30N4O4S/c1-29(27,28)23-15-5-3-14(4-6-15)20(9-2-10-21-13-20)22-19(26)24-16-7-8-17(24)12-18(25)11-16/h3-6,16-18,21,23,25H,2,7-13H2,1H3,(H,22,26)/t16?,17?,18?,20-/m1/s1. The maximum atomic E-state index is 13.3. The molecule has 0 aliphatic carbocycles. The second kappa shape index (κ2) is 7.77. The molecule has 160 valence electrons. The van der Waals surface area contributed by atoms with E-state index in [-0.39, 0.29) is 24.2 Å². The fourth-order valence-corrected chi connectivity index (χ4v) is 5.72. The average Bonchev–Trinajstić information content (AvgIpc) is 2.93. The Morgan fingerprint density at radius 3 is 2.41 bits per heavy atom. The Kier molecular flexibility index (Phi) is 5.48. The summed E-state index contributed by atoms with van der Waals surface area (Å²) in [5, 5.41) is 16.7. The zero-order valence-electron chi connectivity index (χ0n) is 16.7. The van der Waals surface area contributed by atoms with E-state index in [2.05, 4.69) is 15.4 Å². The van der Waals surface area contributed by atoms with Gasteiger partial charge in [0.15, 0.2) is 0 Å². The molecule has 0 aromatic heterocycles. The van der Waals surface area contributed by atoms with Gasteiger partial charge in [0.05, 0.1) is 17.9 Å². The second-order valence-electron chi connectivity index (χ2n) is 8.66. The molecule has 3 fully saturated rings. The van der Waals surface area contributed by atoms with Crippen LogP contribution < -0.4 is 15.4 Å². The number of benzene rings is 1. The van der Waals surface area contributed by atoms with Crippen molar-refractivity contribution < 1.29 is 18.3 Å². The summed E-state index contributed by atoms with van der Waals surface area (Å²) in [5.41, 5.74) is 0.931. The van der Waals surface area contributed by atoms with Crippen LogP contribution in [0.4, 0.5) is 10.5 Å². The van der Waals surface area contributed by atoms with Crippen LogP contribution in [0.2, 0.25) is 0 Å². The number of sulfonamides is 1. The molecule has 29 heavy (non-hydrogen) atoms. The van der Waals surface area contributed by atoms with E-state index in [0.717, 1.165) is 44.0 Å². The third-order valence-electron chi connectivity index (χ3n) is 6.41. The highest BCUT2D eigenvalue weighted by atomic mass is 32.2. The molecule has 4 rings (SSSR count). The van der Waals surface area contributed by atoms with E-state index in [4.69, 9.17) is 0 Å². The molecule has 2 amide bonds. The van der Waals surface area contributed by atoms with Crippen LogP contribution in [-0.4, -0.2) is 62.0 Å². The molecule has 0 saturated carbocycles. The zero-order chi connectivity index (χ0) is 20.6. The maximum absolute atomic E-state index is 13.3. The van der Waals surface area contributed by atoms with E-state index in [1.54, 1.807) is 12.1 Å². The Morgan fingerprint density at radius 2 is 1.86 bits per heavy atom. The van der Waals surface area contributed by atoms with Crippen LogP contribution in [0.1, 0.15) is 44.1 Å². The minimum Gasteiger partial charge on any atom is -0.393 e. The number of carbonyl (C=O) groups excluding carboxylic acids is 1. The van der Waals surface area contributed by atoms with Crippen molar-refractivity contribution >= 4 is 21.7 Å². The molecular formula is C20H30N4O4S. The van der Waals surface area contributed by atoms with Crippen LogP contribution in [0, 0.1) is 0 Å². The van der Waals surface area contributed by atoms with Crippen LogP contribution in [0.25, 0.3) is 0 Å². The van der Waals surface area contributed by atoms with E-state index >= 15 is 0 Å². The lowest BCUT2D eigenvalue weighted by molar-refractivity contribution is 0.0506. The number of aliphatic hydroxyl groups excluding tert-OH is 1. The molecule has 4 N–H and O–H groups in total.